The van der Waals surface area contributed by atoms with Crippen LogP contribution in [0.1, 0.15) is 47.3 Å². The molecular formula is C26H33N3O7S2. The fourth-order valence-electron chi connectivity index (χ4n) is 3.67. The number of aromatic nitrogens is 2. The van der Waals surface area contributed by atoms with Crippen molar-refractivity contribution in [3.05, 3.63) is 47.0 Å². The number of benzene rings is 1. The fourth-order valence-corrected chi connectivity index (χ4v) is 6.27. The summed E-state index contributed by atoms with van der Waals surface area (Å²) in [7, 11) is 0. The molecule has 1 N–H and O–H groups in total. The minimum atomic E-state index is -0.778. The molecule has 0 radical (unpaired) electrons. The molecule has 1 fully saturated rings. The molecule has 10 nitrogen and oxygen atoms in total. The van der Waals surface area contributed by atoms with Gasteiger partial charge in [0, 0.05) is 27.8 Å². The minimum absolute atomic E-state index is 0.0883. The van der Waals surface area contributed by atoms with Crippen molar-refractivity contribution in [1.82, 2.24) is 9.55 Å². The molecule has 2 aliphatic rings. The molecule has 0 aliphatic carbocycles. The molecule has 12 heteroatoms. The van der Waals surface area contributed by atoms with Crippen molar-refractivity contribution in [3.63, 3.8) is 0 Å². The van der Waals surface area contributed by atoms with E-state index in [2.05, 4.69) is 10.3 Å². The number of nitrogens with zero attached hydrogens (tertiary/aromatic N) is 2. The van der Waals surface area contributed by atoms with E-state index in [1.807, 2.05) is 38.1 Å². The first kappa shape index (κ1) is 28.5. The Kier molecular flexibility index (Phi) is 9.07. The normalized spacial score (nSPS) is 21.4. The molecule has 2 aromatic rings. The molecule has 38 heavy (non-hydrogen) atoms. The molecule has 0 bridgehead atoms. The van der Waals surface area contributed by atoms with Gasteiger partial charge in [0.1, 0.15) is 24.8 Å². The van der Waals surface area contributed by atoms with Gasteiger partial charge < -0.3 is 24.3 Å². The third-order valence-electron chi connectivity index (χ3n) is 5.72. The van der Waals surface area contributed by atoms with Crippen molar-refractivity contribution in [2.75, 3.05) is 18.5 Å². The molecule has 3 atom stereocenters. The third kappa shape index (κ3) is 7.31. The van der Waals surface area contributed by atoms with Gasteiger partial charge in [-0.1, -0.05) is 70.3 Å². The number of fused-ring (bicyclic) bond motifs is 1. The molecule has 206 valence electrons. The van der Waals surface area contributed by atoms with Crippen molar-refractivity contribution in [2.45, 2.75) is 74.0 Å². The Morgan fingerprint density at radius 3 is 2.45 bits per heavy atom. The van der Waals surface area contributed by atoms with Gasteiger partial charge in [0.2, 0.25) is 5.91 Å². The zero-order valence-electron chi connectivity index (χ0n) is 22.0. The molecule has 1 aromatic heterocycles. The van der Waals surface area contributed by atoms with Crippen LogP contribution in [0.3, 0.4) is 0 Å². The van der Waals surface area contributed by atoms with Gasteiger partial charge in [-0.25, -0.2) is 9.59 Å². The van der Waals surface area contributed by atoms with Gasteiger partial charge in [0.15, 0.2) is 4.77 Å². The average molecular weight is 564 g/mol. The summed E-state index contributed by atoms with van der Waals surface area (Å²) in [4.78, 5) is 43.5. The van der Waals surface area contributed by atoms with Gasteiger partial charge in [-0.2, -0.15) is 4.98 Å². The van der Waals surface area contributed by atoms with Crippen molar-refractivity contribution >= 4 is 41.4 Å². The van der Waals surface area contributed by atoms with Crippen LogP contribution in [-0.2, 0) is 23.7 Å². The molecule has 0 unspecified atom stereocenters. The van der Waals surface area contributed by atoms with Gasteiger partial charge in [0.25, 0.3) is 0 Å². The van der Waals surface area contributed by atoms with Crippen LogP contribution >= 0.6 is 23.5 Å². The first-order valence-electron chi connectivity index (χ1n) is 12.4. The summed E-state index contributed by atoms with van der Waals surface area (Å²) < 4.78 is 24.1. The highest BCUT2D eigenvalue weighted by molar-refractivity contribution is 8.19. The summed E-state index contributed by atoms with van der Waals surface area (Å²) in [6.07, 6.45) is -0.665. The number of hydrogen-bond acceptors (Lipinski definition) is 10. The zero-order chi connectivity index (χ0) is 27.4. The average Bonchev–Trinajstić information content (AvgIpc) is 3.44. The van der Waals surface area contributed by atoms with Crippen LogP contribution in [-0.4, -0.2) is 51.8 Å². The number of amides is 1. The summed E-state index contributed by atoms with van der Waals surface area (Å²) in [5, 5.41) is 2.66. The molecule has 2 aliphatic heterocycles. The van der Waals surface area contributed by atoms with E-state index in [4.69, 9.17) is 18.9 Å². The number of carbonyl (C=O) groups is 2. The van der Waals surface area contributed by atoms with Gasteiger partial charge >= 0.3 is 11.8 Å². The number of anilines is 1. The molecule has 1 saturated heterocycles. The third-order valence-corrected chi connectivity index (χ3v) is 8.26. The summed E-state index contributed by atoms with van der Waals surface area (Å²) in [5.41, 5.74) is -1.20. The Hall–Kier alpha value is -2.54. The van der Waals surface area contributed by atoms with Crippen LogP contribution in [0.5, 0.6) is 0 Å². The van der Waals surface area contributed by atoms with Crippen LogP contribution in [0.15, 0.2) is 51.1 Å². The van der Waals surface area contributed by atoms with Crippen LogP contribution in [0.4, 0.5) is 10.6 Å². The number of rotatable bonds is 8. The highest BCUT2D eigenvalue weighted by Crippen LogP contribution is 2.49. The van der Waals surface area contributed by atoms with E-state index in [1.165, 1.54) is 10.8 Å². The molecule has 1 amide bonds. The van der Waals surface area contributed by atoms with Crippen LogP contribution in [0.25, 0.3) is 0 Å². The second-order valence-electron chi connectivity index (χ2n) is 10.5. The second kappa shape index (κ2) is 12.1. The Bertz CT molecular complexity index is 1190. The molecule has 1 aromatic carbocycles. The molecule has 0 saturated carbocycles. The van der Waals surface area contributed by atoms with Crippen molar-refractivity contribution in [1.29, 1.82) is 0 Å². The van der Waals surface area contributed by atoms with Crippen molar-refractivity contribution in [2.24, 2.45) is 11.3 Å². The lowest BCUT2D eigenvalue weighted by Gasteiger charge is -2.21. The smallest absolute Gasteiger partial charge is 0.434 e. The second-order valence-corrected chi connectivity index (χ2v) is 13.0. The lowest BCUT2D eigenvalue weighted by molar-refractivity contribution is -0.123. The molecular weight excluding hydrogens is 530 g/mol. The van der Waals surface area contributed by atoms with Gasteiger partial charge in [-0.3, -0.25) is 9.36 Å². The van der Waals surface area contributed by atoms with E-state index < -0.39 is 35.7 Å². The number of thioether (sulfide) groups is 2. The van der Waals surface area contributed by atoms with Crippen LogP contribution in [0, 0.1) is 11.3 Å². The predicted molar refractivity (Wildman–Crippen MR) is 144 cm³/mol. The van der Waals surface area contributed by atoms with Crippen LogP contribution < -0.4 is 11.0 Å². The lowest BCUT2D eigenvalue weighted by atomic mass is 9.96. The largest absolute Gasteiger partial charge is 0.508 e. The molecule has 4 rings (SSSR count). The first-order chi connectivity index (χ1) is 18.0. The Balaban J connectivity index is 1.45. The first-order valence-corrected chi connectivity index (χ1v) is 14.2. The zero-order valence-corrected chi connectivity index (χ0v) is 23.7. The molecule has 3 heterocycles. The van der Waals surface area contributed by atoms with E-state index in [9.17, 15) is 14.4 Å². The monoisotopic (exact) mass is 563 g/mol. The number of nitrogens with one attached hydrogen (secondary N) is 1. The number of carbonyl (C=O) groups excluding carboxylic acids is 2. The summed E-state index contributed by atoms with van der Waals surface area (Å²) in [5.74, 6) is 0.0995. The van der Waals surface area contributed by atoms with Gasteiger partial charge in [-0.15, -0.1) is 0 Å². The van der Waals surface area contributed by atoms with E-state index in [0.717, 1.165) is 9.79 Å². The highest BCUT2D eigenvalue weighted by Gasteiger charge is 2.41. The van der Waals surface area contributed by atoms with Crippen molar-refractivity contribution in [3.8, 4) is 0 Å². The highest BCUT2D eigenvalue weighted by atomic mass is 32.2. The lowest BCUT2D eigenvalue weighted by Crippen LogP contribution is -2.32. The SMILES string of the molecule is CC(C)COC(=O)OC[C@H]1O[C@@H](n2ccc(NC(=O)C(C)(C)C)nc2=O)C[C@@H]1OC1Sc2ccccc2S1. The van der Waals surface area contributed by atoms with Gasteiger partial charge in [0.05, 0.1) is 12.7 Å². The fraction of sp³-hybridized carbons (Fsp3) is 0.538. The van der Waals surface area contributed by atoms with E-state index >= 15 is 0 Å². The Morgan fingerprint density at radius 1 is 1.16 bits per heavy atom. The predicted octanol–water partition coefficient (Wildman–Crippen LogP) is 4.89. The number of ether oxygens (including phenoxy) is 4. The topological polar surface area (TPSA) is 118 Å². The summed E-state index contributed by atoms with van der Waals surface area (Å²) in [6.45, 7) is 9.35. The summed E-state index contributed by atoms with van der Waals surface area (Å²) >= 11 is 3.20. The van der Waals surface area contributed by atoms with E-state index in [1.54, 1.807) is 50.4 Å². The quantitative estimate of drug-likeness (QED) is 0.445. The van der Waals surface area contributed by atoms with Crippen molar-refractivity contribution < 1.29 is 28.5 Å². The van der Waals surface area contributed by atoms with Crippen LogP contribution in [0.2, 0.25) is 0 Å². The van der Waals surface area contributed by atoms with E-state index in [0.29, 0.717) is 6.42 Å². The maximum Gasteiger partial charge on any atom is 0.508 e. The Labute approximate surface area is 230 Å². The standard InChI is InChI=1S/C26H33N3O7S2/c1-15(2)13-33-24(32)34-14-17-16(36-25-37-18-8-6-7-9-19(18)38-25)12-21(35-17)29-11-10-20(28-23(29)31)27-22(30)26(3,4)5/h6-11,15-17,21,25H,12-14H2,1-5H3,(H,27,28,30,31)/t16-,17+,21+/m0/s1. The van der Waals surface area contributed by atoms with E-state index in [-0.39, 0.29) is 35.6 Å². The number of hydrogen-bond donors (Lipinski definition) is 1. The van der Waals surface area contributed by atoms with Gasteiger partial charge in [-0.05, 0) is 24.1 Å². The Morgan fingerprint density at radius 2 is 1.84 bits per heavy atom. The summed E-state index contributed by atoms with van der Waals surface area (Å²) in [6, 6.07) is 9.60. The maximum absolute atomic E-state index is 12.8. The minimum Gasteiger partial charge on any atom is -0.434 e. The molecule has 0 spiro atoms. The maximum atomic E-state index is 12.8.